The first-order chi connectivity index (χ1) is 7.85. The molecule has 0 bridgehead atoms. The van der Waals surface area contributed by atoms with Gasteiger partial charge in [-0.15, -0.1) is 0 Å². The quantitative estimate of drug-likeness (QED) is 0.884. The van der Waals surface area contributed by atoms with Crippen LogP contribution in [0.5, 0.6) is 0 Å². The van der Waals surface area contributed by atoms with Gasteiger partial charge >= 0.3 is 6.03 Å². The molecule has 0 heterocycles. The van der Waals surface area contributed by atoms with Gasteiger partial charge in [0.15, 0.2) is 0 Å². The summed E-state index contributed by atoms with van der Waals surface area (Å²) in [4.78, 5) is 11.3. The van der Waals surface area contributed by atoms with E-state index in [2.05, 4.69) is 0 Å². The molecule has 0 aliphatic heterocycles. The van der Waals surface area contributed by atoms with Gasteiger partial charge in [0, 0.05) is 6.54 Å². The summed E-state index contributed by atoms with van der Waals surface area (Å²) in [5, 5.41) is 0. The Kier molecular flexibility index (Phi) is 4.11. The lowest BCUT2D eigenvalue weighted by Crippen LogP contribution is -2.42. The number of benzene rings is 1. The molecule has 1 aromatic carbocycles. The zero-order valence-electron chi connectivity index (χ0n) is 9.83. The predicted molar refractivity (Wildman–Crippen MR) is 64.8 cm³/mol. The standard InChI is InChI=1S/C11H16N2O3S/c1-9(2)8-13(11(12)14)17(15,16)10-6-4-3-5-7-10/h3-7,9H,8H2,1-2H3,(H2,12,14). The topological polar surface area (TPSA) is 80.5 Å². The number of hydrogen-bond donors (Lipinski definition) is 1. The minimum absolute atomic E-state index is 0.0148. The Morgan fingerprint density at radius 2 is 1.82 bits per heavy atom. The van der Waals surface area contributed by atoms with E-state index in [1.807, 2.05) is 13.8 Å². The molecule has 0 aliphatic carbocycles. The number of nitrogens with zero attached hydrogens (tertiary/aromatic N) is 1. The molecule has 1 aromatic rings. The molecule has 0 spiro atoms. The second-order valence-electron chi connectivity index (χ2n) is 4.08. The third kappa shape index (κ3) is 3.20. The lowest BCUT2D eigenvalue weighted by atomic mass is 10.2. The Morgan fingerprint density at radius 3 is 2.24 bits per heavy atom. The molecule has 0 aliphatic rings. The molecular weight excluding hydrogens is 240 g/mol. The maximum Gasteiger partial charge on any atom is 0.328 e. The molecule has 1 rings (SSSR count). The molecule has 0 radical (unpaired) electrons. The van der Waals surface area contributed by atoms with Crippen LogP contribution in [0.25, 0.3) is 0 Å². The highest BCUT2D eigenvalue weighted by Gasteiger charge is 2.27. The van der Waals surface area contributed by atoms with Crippen molar-refractivity contribution >= 4 is 16.1 Å². The Morgan fingerprint density at radius 1 is 1.29 bits per heavy atom. The summed E-state index contributed by atoms with van der Waals surface area (Å²) in [6, 6.07) is 6.82. The molecule has 0 saturated carbocycles. The first kappa shape index (κ1) is 13.5. The fraction of sp³-hybridized carbons (Fsp3) is 0.364. The number of sulfonamides is 1. The molecule has 2 N–H and O–H groups in total. The van der Waals surface area contributed by atoms with Crippen molar-refractivity contribution in [3.8, 4) is 0 Å². The first-order valence-electron chi connectivity index (χ1n) is 5.23. The van der Waals surface area contributed by atoms with Crippen LogP contribution in [-0.2, 0) is 10.0 Å². The van der Waals surface area contributed by atoms with Gasteiger partial charge in [-0.2, -0.15) is 0 Å². The van der Waals surface area contributed by atoms with Crippen molar-refractivity contribution in [2.24, 2.45) is 11.7 Å². The van der Waals surface area contributed by atoms with Gasteiger partial charge < -0.3 is 5.73 Å². The van der Waals surface area contributed by atoms with Crippen LogP contribution in [0.15, 0.2) is 35.2 Å². The van der Waals surface area contributed by atoms with Gasteiger partial charge in [0.1, 0.15) is 0 Å². The number of carbonyl (C=O) groups is 1. The van der Waals surface area contributed by atoms with Crippen LogP contribution in [0.3, 0.4) is 0 Å². The number of carbonyl (C=O) groups excluding carboxylic acids is 1. The van der Waals surface area contributed by atoms with E-state index >= 15 is 0 Å². The summed E-state index contributed by atoms with van der Waals surface area (Å²) in [7, 11) is -3.84. The maximum atomic E-state index is 12.1. The molecule has 0 aromatic heterocycles. The summed E-state index contributed by atoms with van der Waals surface area (Å²) < 4.78 is 25.0. The molecule has 0 unspecified atom stereocenters. The van der Waals surface area contributed by atoms with Crippen molar-refractivity contribution < 1.29 is 13.2 Å². The SMILES string of the molecule is CC(C)CN(C(N)=O)S(=O)(=O)c1ccccc1. The molecule has 5 nitrogen and oxygen atoms in total. The lowest BCUT2D eigenvalue weighted by Gasteiger charge is -2.22. The molecule has 17 heavy (non-hydrogen) atoms. The van der Waals surface area contributed by atoms with Gasteiger partial charge in [0.2, 0.25) is 0 Å². The van der Waals surface area contributed by atoms with Gasteiger partial charge in [-0.3, -0.25) is 0 Å². The number of rotatable bonds is 4. The van der Waals surface area contributed by atoms with Crippen molar-refractivity contribution in [3.05, 3.63) is 30.3 Å². The van der Waals surface area contributed by atoms with Crippen LogP contribution in [-0.4, -0.2) is 25.3 Å². The summed E-state index contributed by atoms with van der Waals surface area (Å²) in [6.45, 7) is 3.71. The highest BCUT2D eigenvalue weighted by molar-refractivity contribution is 7.89. The minimum atomic E-state index is -3.84. The summed E-state index contributed by atoms with van der Waals surface area (Å²) in [6.07, 6.45) is 0. The van der Waals surface area contributed by atoms with Crippen LogP contribution in [0.2, 0.25) is 0 Å². The van der Waals surface area contributed by atoms with E-state index in [-0.39, 0.29) is 17.4 Å². The van der Waals surface area contributed by atoms with Gasteiger partial charge in [0.05, 0.1) is 4.90 Å². The third-order valence-electron chi connectivity index (χ3n) is 2.11. The molecule has 0 atom stereocenters. The lowest BCUT2D eigenvalue weighted by molar-refractivity contribution is 0.228. The van der Waals surface area contributed by atoms with Gasteiger partial charge in [-0.05, 0) is 18.1 Å². The van der Waals surface area contributed by atoms with Crippen molar-refractivity contribution in [2.45, 2.75) is 18.7 Å². The van der Waals surface area contributed by atoms with Crippen molar-refractivity contribution in [3.63, 3.8) is 0 Å². The van der Waals surface area contributed by atoms with Crippen LogP contribution in [0, 0.1) is 5.92 Å². The van der Waals surface area contributed by atoms with E-state index in [1.165, 1.54) is 12.1 Å². The van der Waals surface area contributed by atoms with E-state index < -0.39 is 16.1 Å². The smallest absolute Gasteiger partial charge is 0.328 e. The third-order valence-corrected chi connectivity index (χ3v) is 3.89. The Hall–Kier alpha value is -1.56. The zero-order valence-corrected chi connectivity index (χ0v) is 10.6. The zero-order chi connectivity index (χ0) is 13.1. The largest absolute Gasteiger partial charge is 0.351 e. The highest BCUT2D eigenvalue weighted by atomic mass is 32.2. The van der Waals surface area contributed by atoms with Gasteiger partial charge in [-0.1, -0.05) is 32.0 Å². The summed E-state index contributed by atoms with van der Waals surface area (Å²) in [5.41, 5.74) is 5.12. The number of urea groups is 1. The van der Waals surface area contributed by atoms with Crippen LogP contribution < -0.4 is 5.73 Å². The molecule has 2 amide bonds. The van der Waals surface area contributed by atoms with E-state index in [0.717, 1.165) is 0 Å². The fourth-order valence-electron chi connectivity index (χ4n) is 1.36. The molecule has 0 saturated heterocycles. The van der Waals surface area contributed by atoms with E-state index in [0.29, 0.717) is 4.31 Å². The molecule has 94 valence electrons. The van der Waals surface area contributed by atoms with E-state index in [1.54, 1.807) is 18.2 Å². The Balaban J connectivity index is 3.14. The van der Waals surface area contributed by atoms with E-state index in [4.69, 9.17) is 5.73 Å². The second-order valence-corrected chi connectivity index (χ2v) is 5.94. The first-order valence-corrected chi connectivity index (χ1v) is 6.67. The average Bonchev–Trinajstić information content (AvgIpc) is 2.26. The van der Waals surface area contributed by atoms with Crippen molar-refractivity contribution in [1.82, 2.24) is 4.31 Å². The van der Waals surface area contributed by atoms with Gasteiger partial charge in [-0.25, -0.2) is 17.5 Å². The minimum Gasteiger partial charge on any atom is -0.351 e. The number of amides is 2. The predicted octanol–water partition coefficient (Wildman–Crippen LogP) is 1.41. The van der Waals surface area contributed by atoms with Crippen molar-refractivity contribution in [2.75, 3.05) is 6.54 Å². The van der Waals surface area contributed by atoms with Crippen LogP contribution in [0.1, 0.15) is 13.8 Å². The van der Waals surface area contributed by atoms with Gasteiger partial charge in [0.25, 0.3) is 10.0 Å². The fourth-order valence-corrected chi connectivity index (χ4v) is 2.84. The van der Waals surface area contributed by atoms with Crippen molar-refractivity contribution in [1.29, 1.82) is 0 Å². The van der Waals surface area contributed by atoms with E-state index in [9.17, 15) is 13.2 Å². The molecule has 6 heteroatoms. The van der Waals surface area contributed by atoms with Crippen LogP contribution in [0.4, 0.5) is 4.79 Å². The second kappa shape index (κ2) is 5.18. The number of hydrogen-bond acceptors (Lipinski definition) is 3. The summed E-state index contributed by atoms with van der Waals surface area (Å²) >= 11 is 0. The normalized spacial score (nSPS) is 11.5. The van der Waals surface area contributed by atoms with Crippen LogP contribution >= 0.6 is 0 Å². The monoisotopic (exact) mass is 256 g/mol. The average molecular weight is 256 g/mol. The Labute approximate surface area is 101 Å². The molecular formula is C11H16N2O3S. The molecule has 0 fully saturated rings. The summed E-state index contributed by atoms with van der Waals surface area (Å²) in [5.74, 6) is 0.0148. The number of primary amides is 1. The highest BCUT2D eigenvalue weighted by Crippen LogP contribution is 2.16. The maximum absolute atomic E-state index is 12.1. The Bertz CT molecular complexity index is 483. The number of nitrogens with two attached hydrogens (primary N) is 1.